The first-order valence-electron chi connectivity index (χ1n) is 8.12. The van der Waals surface area contributed by atoms with Crippen LogP contribution in [0.4, 0.5) is 0 Å². The molecule has 1 unspecified atom stereocenters. The minimum atomic E-state index is 0.192. The molecule has 3 nitrogen and oxygen atoms in total. The van der Waals surface area contributed by atoms with Crippen LogP contribution in [-0.2, 0) is 11.2 Å². The van der Waals surface area contributed by atoms with Gasteiger partial charge in [0, 0.05) is 18.7 Å². The van der Waals surface area contributed by atoms with E-state index in [0.29, 0.717) is 6.61 Å². The Morgan fingerprint density at radius 2 is 2.33 bits per heavy atom. The fourth-order valence-corrected chi connectivity index (χ4v) is 3.04. The predicted octanol–water partition coefficient (Wildman–Crippen LogP) is 3.14. The molecule has 0 N–H and O–H groups in total. The molecule has 3 heteroatoms. The SMILES string of the molecule is CCCCN1CCOC(COc2cccc3c2C=CC3)C1. The molecule has 1 aromatic carbocycles. The average Bonchev–Trinajstić information content (AvgIpc) is 3.00. The molecular weight excluding hydrogens is 262 g/mol. The number of rotatable bonds is 6. The molecular formula is C18H25NO2. The highest BCUT2D eigenvalue weighted by Crippen LogP contribution is 2.29. The van der Waals surface area contributed by atoms with Crippen LogP contribution in [0.3, 0.4) is 0 Å². The van der Waals surface area contributed by atoms with Crippen LogP contribution < -0.4 is 4.74 Å². The Kier molecular flexibility index (Phi) is 4.94. The Labute approximate surface area is 127 Å². The van der Waals surface area contributed by atoms with Crippen molar-refractivity contribution >= 4 is 6.08 Å². The smallest absolute Gasteiger partial charge is 0.126 e. The van der Waals surface area contributed by atoms with Crippen molar-refractivity contribution in [3.05, 3.63) is 35.4 Å². The quantitative estimate of drug-likeness (QED) is 0.802. The second-order valence-electron chi connectivity index (χ2n) is 5.89. The van der Waals surface area contributed by atoms with E-state index in [4.69, 9.17) is 9.47 Å². The Balaban J connectivity index is 1.53. The molecule has 1 aliphatic carbocycles. The zero-order valence-corrected chi connectivity index (χ0v) is 12.9. The van der Waals surface area contributed by atoms with E-state index in [0.717, 1.165) is 31.9 Å². The Bertz CT molecular complexity index is 498. The molecule has 0 amide bonds. The fourth-order valence-electron chi connectivity index (χ4n) is 3.04. The second-order valence-corrected chi connectivity index (χ2v) is 5.89. The molecule has 1 fully saturated rings. The van der Waals surface area contributed by atoms with Crippen molar-refractivity contribution in [2.75, 3.05) is 32.8 Å². The first-order chi connectivity index (χ1) is 10.4. The third-order valence-electron chi connectivity index (χ3n) is 4.25. The summed E-state index contributed by atoms with van der Waals surface area (Å²) >= 11 is 0. The lowest BCUT2D eigenvalue weighted by Gasteiger charge is -2.32. The number of fused-ring (bicyclic) bond motifs is 1. The van der Waals surface area contributed by atoms with Crippen molar-refractivity contribution in [1.82, 2.24) is 4.90 Å². The van der Waals surface area contributed by atoms with E-state index < -0.39 is 0 Å². The number of allylic oxidation sites excluding steroid dienone is 1. The number of morpholine rings is 1. The summed E-state index contributed by atoms with van der Waals surface area (Å²) in [4.78, 5) is 2.50. The lowest BCUT2D eigenvalue weighted by molar-refractivity contribution is -0.0481. The molecule has 1 heterocycles. The summed E-state index contributed by atoms with van der Waals surface area (Å²) in [5.74, 6) is 0.996. The van der Waals surface area contributed by atoms with Gasteiger partial charge in [0.25, 0.3) is 0 Å². The van der Waals surface area contributed by atoms with Gasteiger partial charge in [-0.1, -0.05) is 37.6 Å². The monoisotopic (exact) mass is 287 g/mol. The molecule has 0 bridgehead atoms. The van der Waals surface area contributed by atoms with Gasteiger partial charge in [-0.15, -0.1) is 0 Å². The minimum Gasteiger partial charge on any atom is -0.490 e. The maximum absolute atomic E-state index is 6.04. The zero-order valence-electron chi connectivity index (χ0n) is 12.9. The lowest BCUT2D eigenvalue weighted by Crippen LogP contribution is -2.45. The van der Waals surface area contributed by atoms with Crippen LogP contribution in [0.2, 0.25) is 0 Å². The molecule has 3 rings (SSSR count). The van der Waals surface area contributed by atoms with Crippen molar-refractivity contribution in [3.63, 3.8) is 0 Å². The number of hydrogen-bond donors (Lipinski definition) is 0. The number of benzene rings is 1. The van der Waals surface area contributed by atoms with Gasteiger partial charge in [0.1, 0.15) is 18.5 Å². The zero-order chi connectivity index (χ0) is 14.5. The Morgan fingerprint density at radius 1 is 1.38 bits per heavy atom. The van der Waals surface area contributed by atoms with Crippen LogP contribution >= 0.6 is 0 Å². The van der Waals surface area contributed by atoms with Crippen LogP contribution in [0.1, 0.15) is 30.9 Å². The van der Waals surface area contributed by atoms with Crippen molar-refractivity contribution in [2.45, 2.75) is 32.3 Å². The molecule has 1 aliphatic heterocycles. The van der Waals surface area contributed by atoms with Gasteiger partial charge >= 0.3 is 0 Å². The average molecular weight is 287 g/mol. The van der Waals surface area contributed by atoms with Crippen LogP contribution in [0.25, 0.3) is 6.08 Å². The summed E-state index contributed by atoms with van der Waals surface area (Å²) in [6.45, 7) is 6.94. The van der Waals surface area contributed by atoms with E-state index in [9.17, 15) is 0 Å². The molecule has 0 aromatic heterocycles. The van der Waals surface area contributed by atoms with Gasteiger partial charge in [-0.2, -0.15) is 0 Å². The summed E-state index contributed by atoms with van der Waals surface area (Å²) in [7, 11) is 0. The van der Waals surface area contributed by atoms with Gasteiger partial charge in [0.15, 0.2) is 0 Å². The van der Waals surface area contributed by atoms with Crippen LogP contribution in [0, 0.1) is 0 Å². The molecule has 2 aliphatic rings. The van der Waals surface area contributed by atoms with Gasteiger partial charge in [-0.05, 0) is 31.0 Å². The van der Waals surface area contributed by atoms with Gasteiger partial charge in [0.2, 0.25) is 0 Å². The highest BCUT2D eigenvalue weighted by atomic mass is 16.5. The molecule has 1 saturated heterocycles. The molecule has 114 valence electrons. The maximum atomic E-state index is 6.04. The van der Waals surface area contributed by atoms with Gasteiger partial charge in [0.05, 0.1) is 6.61 Å². The largest absolute Gasteiger partial charge is 0.490 e. The highest BCUT2D eigenvalue weighted by Gasteiger charge is 2.21. The predicted molar refractivity (Wildman–Crippen MR) is 85.8 cm³/mol. The Morgan fingerprint density at radius 3 is 3.24 bits per heavy atom. The third kappa shape index (κ3) is 3.66. The van der Waals surface area contributed by atoms with E-state index >= 15 is 0 Å². The van der Waals surface area contributed by atoms with Crippen molar-refractivity contribution in [1.29, 1.82) is 0 Å². The summed E-state index contributed by atoms with van der Waals surface area (Å²) in [6, 6.07) is 6.31. The second kappa shape index (κ2) is 7.10. The number of ether oxygens (including phenoxy) is 2. The van der Waals surface area contributed by atoms with Crippen LogP contribution in [0.15, 0.2) is 24.3 Å². The topological polar surface area (TPSA) is 21.7 Å². The van der Waals surface area contributed by atoms with Crippen LogP contribution in [-0.4, -0.2) is 43.9 Å². The summed E-state index contributed by atoms with van der Waals surface area (Å²) in [5.41, 5.74) is 2.61. The van der Waals surface area contributed by atoms with E-state index in [-0.39, 0.29) is 6.10 Å². The molecule has 1 aromatic rings. The van der Waals surface area contributed by atoms with Gasteiger partial charge < -0.3 is 9.47 Å². The van der Waals surface area contributed by atoms with Gasteiger partial charge in [-0.25, -0.2) is 0 Å². The Hall–Kier alpha value is -1.32. The minimum absolute atomic E-state index is 0.192. The molecule has 0 spiro atoms. The van der Waals surface area contributed by atoms with E-state index in [1.54, 1.807) is 0 Å². The van der Waals surface area contributed by atoms with Crippen molar-refractivity contribution < 1.29 is 9.47 Å². The summed E-state index contributed by atoms with van der Waals surface area (Å²) < 4.78 is 11.9. The summed E-state index contributed by atoms with van der Waals surface area (Å²) in [6.07, 6.45) is 8.10. The third-order valence-corrected chi connectivity index (χ3v) is 4.25. The maximum Gasteiger partial charge on any atom is 0.126 e. The highest BCUT2D eigenvalue weighted by molar-refractivity contribution is 5.66. The molecule has 0 radical (unpaired) electrons. The number of hydrogen-bond acceptors (Lipinski definition) is 3. The fraction of sp³-hybridized carbons (Fsp3) is 0.556. The van der Waals surface area contributed by atoms with E-state index in [2.05, 4.69) is 42.2 Å². The van der Waals surface area contributed by atoms with E-state index in [1.165, 1.54) is 30.5 Å². The molecule has 1 atom stereocenters. The molecule has 21 heavy (non-hydrogen) atoms. The van der Waals surface area contributed by atoms with Crippen molar-refractivity contribution in [2.24, 2.45) is 0 Å². The normalized spacial score (nSPS) is 21.5. The lowest BCUT2D eigenvalue weighted by atomic mass is 10.1. The molecule has 0 saturated carbocycles. The van der Waals surface area contributed by atoms with Crippen molar-refractivity contribution in [3.8, 4) is 5.75 Å². The number of unbranched alkanes of at least 4 members (excludes halogenated alkanes) is 1. The summed E-state index contributed by atoms with van der Waals surface area (Å²) in [5, 5.41) is 0. The first kappa shape index (κ1) is 14.6. The van der Waals surface area contributed by atoms with Crippen LogP contribution in [0.5, 0.6) is 5.75 Å². The van der Waals surface area contributed by atoms with Gasteiger partial charge in [-0.3, -0.25) is 4.90 Å². The number of nitrogens with zero attached hydrogens (tertiary/aromatic N) is 1. The first-order valence-corrected chi connectivity index (χ1v) is 8.12. The standard InChI is InChI=1S/C18H25NO2/c1-2-3-10-19-11-12-20-16(13-19)14-21-18-9-5-7-15-6-4-8-17(15)18/h4-5,7-9,16H,2-3,6,10-14H2,1H3. The van der Waals surface area contributed by atoms with E-state index in [1.807, 2.05) is 0 Å².